The molecule has 4 aromatic rings. The fourth-order valence-electron chi connectivity index (χ4n) is 4.69. The van der Waals surface area contributed by atoms with Crippen LogP contribution in [0.2, 0.25) is 0 Å². The fraction of sp³-hybridized carbons (Fsp3) is 0.276. The first-order chi connectivity index (χ1) is 18.1. The van der Waals surface area contributed by atoms with E-state index in [1.165, 1.54) is 18.9 Å². The summed E-state index contributed by atoms with van der Waals surface area (Å²) in [6, 6.07) is 15.8. The van der Waals surface area contributed by atoms with Crippen molar-refractivity contribution in [1.82, 2.24) is 19.4 Å². The summed E-state index contributed by atoms with van der Waals surface area (Å²) in [4.78, 5) is 23.9. The normalized spacial score (nSPS) is 13.5. The molecule has 190 valence electrons. The lowest BCUT2D eigenvalue weighted by atomic mass is 10.1. The minimum absolute atomic E-state index is 0.307. The molecule has 0 unspecified atom stereocenters. The average Bonchev–Trinajstić information content (AvgIpc) is 3.60. The average molecular weight is 498 g/mol. The number of aromatic nitrogens is 3. The van der Waals surface area contributed by atoms with E-state index in [0.29, 0.717) is 36.0 Å². The van der Waals surface area contributed by atoms with Gasteiger partial charge in [0.05, 0.1) is 18.3 Å². The number of benzene rings is 2. The molecule has 2 aromatic heterocycles. The molecule has 5 rings (SSSR count). The van der Waals surface area contributed by atoms with Crippen LogP contribution in [0.15, 0.2) is 73.6 Å². The number of fused-ring (bicyclic) bond motifs is 1. The topological polar surface area (TPSA) is 81.5 Å². The summed E-state index contributed by atoms with van der Waals surface area (Å²) in [7, 11) is 1.62. The summed E-state index contributed by atoms with van der Waals surface area (Å²) in [5.41, 5.74) is 2.48. The largest absolute Gasteiger partial charge is 0.496 e. The number of carbonyl (C=O) groups is 1. The van der Waals surface area contributed by atoms with E-state index in [9.17, 15) is 4.79 Å². The van der Waals surface area contributed by atoms with Gasteiger partial charge in [0.25, 0.3) is 0 Å². The van der Waals surface area contributed by atoms with Gasteiger partial charge in [0, 0.05) is 37.0 Å². The Bertz CT molecular complexity index is 1410. The first-order valence-corrected chi connectivity index (χ1v) is 12.5. The van der Waals surface area contributed by atoms with Gasteiger partial charge in [0.15, 0.2) is 0 Å². The second kappa shape index (κ2) is 11.3. The summed E-state index contributed by atoms with van der Waals surface area (Å²) in [6.07, 6.45) is 7.89. The maximum Gasteiger partial charge on any atom is 0.247 e. The first-order valence-electron chi connectivity index (χ1n) is 12.5. The molecule has 1 aliphatic rings. The Morgan fingerprint density at radius 2 is 1.97 bits per heavy atom. The highest BCUT2D eigenvalue weighted by Gasteiger charge is 2.17. The Kier molecular flexibility index (Phi) is 7.46. The molecule has 37 heavy (non-hydrogen) atoms. The van der Waals surface area contributed by atoms with E-state index in [1.807, 2.05) is 41.1 Å². The van der Waals surface area contributed by atoms with Crippen LogP contribution < -0.4 is 14.8 Å². The lowest BCUT2D eigenvalue weighted by molar-refractivity contribution is -0.111. The smallest absolute Gasteiger partial charge is 0.247 e. The third-order valence-corrected chi connectivity index (χ3v) is 6.58. The summed E-state index contributed by atoms with van der Waals surface area (Å²) >= 11 is 0. The highest BCUT2D eigenvalue weighted by molar-refractivity contribution is 6.00. The molecule has 1 saturated heterocycles. The van der Waals surface area contributed by atoms with Gasteiger partial charge in [-0.15, -0.1) is 0 Å². The minimum atomic E-state index is -0.307. The number of amides is 1. The molecule has 2 aromatic carbocycles. The number of nitrogens with one attached hydrogen (secondary N) is 1. The number of nitrogens with zero attached hydrogens (tertiary/aromatic N) is 4. The number of likely N-dealkylation sites (tertiary alicyclic amines) is 1. The van der Waals surface area contributed by atoms with Crippen LogP contribution in [-0.2, 0) is 11.2 Å². The maximum atomic E-state index is 12.2. The lowest BCUT2D eigenvalue weighted by Gasteiger charge is -2.19. The highest BCUT2D eigenvalue weighted by Crippen LogP contribution is 2.34. The Labute approximate surface area is 216 Å². The predicted molar refractivity (Wildman–Crippen MR) is 145 cm³/mol. The van der Waals surface area contributed by atoms with E-state index in [-0.39, 0.29) is 5.91 Å². The van der Waals surface area contributed by atoms with E-state index < -0.39 is 0 Å². The van der Waals surface area contributed by atoms with Gasteiger partial charge in [-0.1, -0.05) is 24.8 Å². The van der Waals surface area contributed by atoms with Gasteiger partial charge in [-0.3, -0.25) is 9.69 Å². The molecular formula is C29H31N5O3. The Morgan fingerprint density at radius 1 is 1.14 bits per heavy atom. The molecular weight excluding hydrogens is 466 g/mol. The maximum absolute atomic E-state index is 12.2. The van der Waals surface area contributed by atoms with Crippen LogP contribution in [0.1, 0.15) is 24.2 Å². The van der Waals surface area contributed by atoms with Gasteiger partial charge in [0.1, 0.15) is 29.7 Å². The number of rotatable bonds is 10. The molecule has 0 radical (unpaired) electrons. The monoisotopic (exact) mass is 497 g/mol. The third kappa shape index (κ3) is 5.65. The molecule has 0 spiro atoms. The van der Waals surface area contributed by atoms with Gasteiger partial charge in [-0.2, -0.15) is 0 Å². The van der Waals surface area contributed by atoms with Crippen LogP contribution in [0.4, 0.5) is 5.69 Å². The van der Waals surface area contributed by atoms with Gasteiger partial charge in [-0.05, 0) is 61.7 Å². The molecule has 3 heterocycles. The number of ether oxygens (including phenoxy) is 2. The van der Waals surface area contributed by atoms with Crippen molar-refractivity contribution < 1.29 is 14.3 Å². The summed E-state index contributed by atoms with van der Waals surface area (Å²) in [5, 5.41) is 4.02. The number of hydrogen-bond donors (Lipinski definition) is 1. The van der Waals surface area contributed by atoms with Crippen LogP contribution >= 0.6 is 0 Å². The zero-order valence-corrected chi connectivity index (χ0v) is 21.0. The van der Waals surface area contributed by atoms with Crippen LogP contribution in [0.3, 0.4) is 0 Å². The van der Waals surface area contributed by atoms with Crippen molar-refractivity contribution in [2.45, 2.75) is 19.3 Å². The van der Waals surface area contributed by atoms with Gasteiger partial charge < -0.3 is 19.4 Å². The molecule has 1 N–H and O–H groups in total. The molecule has 0 bridgehead atoms. The van der Waals surface area contributed by atoms with Gasteiger partial charge in [0.2, 0.25) is 5.91 Å². The van der Waals surface area contributed by atoms with Crippen molar-refractivity contribution in [3.63, 3.8) is 0 Å². The SMILES string of the molecule is C=CC(=O)Nc1cc(Cc2nccc(-n3ccc4ccccc43)n2)c(OC)cc1OCCN1CCCC1. The third-order valence-electron chi connectivity index (χ3n) is 6.58. The van der Waals surface area contributed by atoms with E-state index in [1.54, 1.807) is 13.3 Å². The minimum Gasteiger partial charge on any atom is -0.496 e. The Morgan fingerprint density at radius 3 is 2.78 bits per heavy atom. The molecule has 1 fully saturated rings. The molecule has 0 atom stereocenters. The first kappa shape index (κ1) is 24.5. The van der Waals surface area contributed by atoms with E-state index in [4.69, 9.17) is 14.5 Å². The standard InChI is InChI=1S/C29H31N5O3/c1-3-29(35)31-23-18-22(25(36-2)20-26(23)37-17-16-33-13-6-7-14-33)19-27-30-12-10-28(32-27)34-15-11-21-8-4-5-9-24(21)34/h3-5,8-12,15,18,20H,1,6-7,13-14,16-17,19H2,2H3,(H,31,35). The van der Waals surface area contributed by atoms with Crippen molar-refractivity contribution in [3.8, 4) is 17.3 Å². The number of para-hydroxylation sites is 1. The number of anilines is 1. The van der Waals surface area contributed by atoms with Crippen LogP contribution in [0, 0.1) is 0 Å². The number of hydrogen-bond acceptors (Lipinski definition) is 6. The molecule has 8 nitrogen and oxygen atoms in total. The summed E-state index contributed by atoms with van der Waals surface area (Å²) < 4.78 is 13.8. The van der Waals surface area contributed by atoms with Crippen LogP contribution in [0.25, 0.3) is 16.7 Å². The zero-order valence-electron chi connectivity index (χ0n) is 21.0. The molecule has 1 aliphatic heterocycles. The fourth-order valence-corrected chi connectivity index (χ4v) is 4.69. The molecule has 0 aliphatic carbocycles. The second-order valence-corrected chi connectivity index (χ2v) is 9.00. The van der Waals surface area contributed by atoms with Crippen molar-refractivity contribution in [2.75, 3.05) is 38.7 Å². The van der Waals surface area contributed by atoms with E-state index in [2.05, 4.69) is 40.0 Å². The van der Waals surface area contributed by atoms with Crippen LogP contribution in [-0.4, -0.2) is 58.7 Å². The molecule has 0 saturated carbocycles. The molecule has 1 amide bonds. The van der Waals surface area contributed by atoms with Gasteiger partial charge >= 0.3 is 0 Å². The van der Waals surface area contributed by atoms with E-state index >= 15 is 0 Å². The van der Waals surface area contributed by atoms with Gasteiger partial charge in [-0.25, -0.2) is 9.97 Å². The lowest BCUT2D eigenvalue weighted by Crippen LogP contribution is -2.25. The summed E-state index contributed by atoms with van der Waals surface area (Å²) in [6.45, 7) is 7.14. The molecule has 8 heteroatoms. The van der Waals surface area contributed by atoms with Crippen molar-refractivity contribution in [2.24, 2.45) is 0 Å². The highest BCUT2D eigenvalue weighted by atomic mass is 16.5. The quantitative estimate of drug-likeness (QED) is 0.322. The predicted octanol–water partition coefficient (Wildman–Crippen LogP) is 4.62. The van der Waals surface area contributed by atoms with Crippen LogP contribution in [0.5, 0.6) is 11.5 Å². The number of carbonyl (C=O) groups excluding carboxylic acids is 1. The van der Waals surface area contributed by atoms with Crippen molar-refractivity contribution >= 4 is 22.5 Å². The Hall–Kier alpha value is -4.17. The Balaban J connectivity index is 1.41. The van der Waals surface area contributed by atoms with E-state index in [0.717, 1.165) is 41.9 Å². The number of methoxy groups -OCH3 is 1. The second-order valence-electron chi connectivity index (χ2n) is 9.00. The van der Waals surface area contributed by atoms with Crippen molar-refractivity contribution in [1.29, 1.82) is 0 Å². The summed E-state index contributed by atoms with van der Waals surface area (Å²) in [5.74, 6) is 2.32. The van der Waals surface area contributed by atoms with Crippen molar-refractivity contribution in [3.05, 3.63) is 85.0 Å². The zero-order chi connectivity index (χ0) is 25.6.